The molecule has 3 nitrogen and oxygen atoms in total. The zero-order chi connectivity index (χ0) is 13.9. The van der Waals surface area contributed by atoms with Gasteiger partial charge in [-0.05, 0) is 43.5 Å². The minimum atomic E-state index is -0.145. The van der Waals surface area contributed by atoms with Crippen molar-refractivity contribution in [1.82, 2.24) is 5.32 Å². The summed E-state index contributed by atoms with van der Waals surface area (Å²) < 4.78 is 19.5. The summed E-state index contributed by atoms with van der Waals surface area (Å²) in [6.45, 7) is 5.92. The van der Waals surface area contributed by atoms with Crippen LogP contribution in [0.1, 0.15) is 25.3 Å². The molecule has 110 valence electrons. The zero-order valence-electron chi connectivity index (χ0n) is 12.1. The Labute approximate surface area is 120 Å². The van der Waals surface area contributed by atoms with Gasteiger partial charge in [-0.25, -0.2) is 4.39 Å². The molecule has 2 unspecified atom stereocenters. The molecule has 0 bridgehead atoms. The Morgan fingerprint density at radius 3 is 3.05 bits per heavy atom. The van der Waals surface area contributed by atoms with Crippen molar-refractivity contribution in [2.75, 3.05) is 31.1 Å². The monoisotopic (exact) mass is 278 g/mol. The molecule has 2 aliphatic heterocycles. The molecule has 0 aliphatic carbocycles. The van der Waals surface area contributed by atoms with Gasteiger partial charge >= 0.3 is 0 Å². The highest BCUT2D eigenvalue weighted by Crippen LogP contribution is 2.30. The molecule has 1 N–H and O–H groups in total. The summed E-state index contributed by atoms with van der Waals surface area (Å²) >= 11 is 0. The maximum Gasteiger partial charge on any atom is 0.125 e. The largest absolute Gasteiger partial charge is 0.372 e. The maximum atomic E-state index is 13.4. The first-order chi connectivity index (χ1) is 9.76. The van der Waals surface area contributed by atoms with E-state index in [1.165, 1.54) is 5.56 Å². The van der Waals surface area contributed by atoms with Crippen molar-refractivity contribution >= 4 is 5.69 Å². The third-order valence-electron chi connectivity index (χ3n) is 4.28. The lowest BCUT2D eigenvalue weighted by atomic mass is 10.1. The lowest BCUT2D eigenvalue weighted by molar-refractivity contribution is 0.0499. The van der Waals surface area contributed by atoms with E-state index < -0.39 is 0 Å². The average molecular weight is 278 g/mol. The molecule has 0 saturated carbocycles. The molecule has 0 amide bonds. The quantitative estimate of drug-likeness (QED) is 0.895. The fourth-order valence-electron chi connectivity index (χ4n) is 3.22. The van der Waals surface area contributed by atoms with E-state index in [4.69, 9.17) is 4.74 Å². The van der Waals surface area contributed by atoms with Gasteiger partial charge in [0.2, 0.25) is 0 Å². The maximum absolute atomic E-state index is 13.4. The van der Waals surface area contributed by atoms with Crippen molar-refractivity contribution in [3.8, 4) is 0 Å². The smallest absolute Gasteiger partial charge is 0.125 e. The molecule has 1 aromatic carbocycles. The predicted molar refractivity (Wildman–Crippen MR) is 78.8 cm³/mol. The molecule has 3 rings (SSSR count). The lowest BCUT2D eigenvalue weighted by Crippen LogP contribution is -2.33. The number of nitrogens with one attached hydrogen (secondary N) is 1. The van der Waals surface area contributed by atoms with Crippen LogP contribution in [0.2, 0.25) is 0 Å². The highest BCUT2D eigenvalue weighted by atomic mass is 19.1. The predicted octanol–water partition coefficient (Wildman–Crippen LogP) is 2.35. The Hall–Kier alpha value is -1.13. The second kappa shape index (κ2) is 6.10. The van der Waals surface area contributed by atoms with Gasteiger partial charge < -0.3 is 15.0 Å². The fourth-order valence-corrected chi connectivity index (χ4v) is 3.22. The number of nitrogens with zero attached hydrogens (tertiary/aromatic N) is 1. The normalized spacial score (nSPS) is 25.2. The molecule has 2 atom stereocenters. The molecule has 4 heteroatoms. The number of ether oxygens (including phenoxy) is 1. The van der Waals surface area contributed by atoms with Gasteiger partial charge in [0, 0.05) is 25.3 Å². The second-order valence-corrected chi connectivity index (χ2v) is 5.73. The SMILES string of the molecule is CCNCC1CCC(CN2CCc3ccc(F)cc32)O1. The highest BCUT2D eigenvalue weighted by molar-refractivity contribution is 5.58. The van der Waals surface area contributed by atoms with Crippen LogP contribution < -0.4 is 10.2 Å². The van der Waals surface area contributed by atoms with Gasteiger partial charge in [0.25, 0.3) is 0 Å². The van der Waals surface area contributed by atoms with Crippen LogP contribution in [-0.2, 0) is 11.2 Å². The minimum absolute atomic E-state index is 0.145. The van der Waals surface area contributed by atoms with Gasteiger partial charge in [-0.1, -0.05) is 13.0 Å². The summed E-state index contributed by atoms with van der Waals surface area (Å²) in [6, 6.07) is 5.13. The average Bonchev–Trinajstić information content (AvgIpc) is 3.05. The Bertz CT molecular complexity index is 466. The Kier molecular flexibility index (Phi) is 4.22. The Morgan fingerprint density at radius 2 is 2.20 bits per heavy atom. The Morgan fingerprint density at radius 1 is 1.35 bits per heavy atom. The van der Waals surface area contributed by atoms with Gasteiger partial charge in [-0.15, -0.1) is 0 Å². The van der Waals surface area contributed by atoms with Crippen molar-refractivity contribution in [3.05, 3.63) is 29.6 Å². The third kappa shape index (κ3) is 2.96. The van der Waals surface area contributed by atoms with Crippen LogP contribution in [0.3, 0.4) is 0 Å². The highest BCUT2D eigenvalue weighted by Gasteiger charge is 2.29. The van der Waals surface area contributed by atoms with E-state index in [0.29, 0.717) is 6.10 Å². The van der Waals surface area contributed by atoms with Gasteiger partial charge in [0.15, 0.2) is 0 Å². The zero-order valence-corrected chi connectivity index (χ0v) is 12.1. The number of rotatable bonds is 5. The van der Waals surface area contributed by atoms with Crippen molar-refractivity contribution in [1.29, 1.82) is 0 Å². The van der Waals surface area contributed by atoms with E-state index in [0.717, 1.165) is 51.1 Å². The number of likely N-dealkylation sites (N-methyl/N-ethyl adjacent to an activating group) is 1. The number of hydrogen-bond donors (Lipinski definition) is 1. The number of fused-ring (bicyclic) bond motifs is 1. The Balaban J connectivity index is 1.57. The molecule has 2 aliphatic rings. The summed E-state index contributed by atoms with van der Waals surface area (Å²) in [5.41, 5.74) is 2.32. The molecule has 0 aromatic heterocycles. The summed E-state index contributed by atoms with van der Waals surface area (Å²) in [5, 5.41) is 3.34. The molecule has 1 fully saturated rings. The molecule has 1 aromatic rings. The first-order valence-electron chi connectivity index (χ1n) is 7.66. The van der Waals surface area contributed by atoms with Crippen molar-refractivity contribution < 1.29 is 9.13 Å². The second-order valence-electron chi connectivity index (χ2n) is 5.73. The lowest BCUT2D eigenvalue weighted by Gasteiger charge is -2.23. The summed E-state index contributed by atoms with van der Waals surface area (Å²) in [4.78, 5) is 2.28. The summed E-state index contributed by atoms with van der Waals surface area (Å²) in [5.74, 6) is -0.145. The van der Waals surface area contributed by atoms with E-state index in [-0.39, 0.29) is 11.9 Å². The first kappa shape index (κ1) is 13.8. The van der Waals surface area contributed by atoms with Gasteiger partial charge in [-0.2, -0.15) is 0 Å². The van der Waals surface area contributed by atoms with Crippen LogP contribution in [-0.4, -0.2) is 38.4 Å². The van der Waals surface area contributed by atoms with Gasteiger partial charge in [0.1, 0.15) is 5.82 Å². The van der Waals surface area contributed by atoms with E-state index in [1.807, 2.05) is 6.07 Å². The van der Waals surface area contributed by atoms with Crippen LogP contribution in [0.25, 0.3) is 0 Å². The van der Waals surface area contributed by atoms with Crippen molar-refractivity contribution in [2.45, 2.75) is 38.4 Å². The fraction of sp³-hybridized carbons (Fsp3) is 0.625. The van der Waals surface area contributed by atoms with E-state index in [2.05, 4.69) is 17.1 Å². The number of hydrogen-bond acceptors (Lipinski definition) is 3. The van der Waals surface area contributed by atoms with Crippen LogP contribution in [0.15, 0.2) is 18.2 Å². The standard InChI is InChI=1S/C16H23FN2O/c1-2-18-10-14-5-6-15(20-14)11-19-8-7-12-3-4-13(17)9-16(12)19/h3-4,9,14-15,18H,2,5-8,10-11H2,1H3. The van der Waals surface area contributed by atoms with Crippen molar-refractivity contribution in [3.63, 3.8) is 0 Å². The van der Waals surface area contributed by atoms with Crippen molar-refractivity contribution in [2.24, 2.45) is 0 Å². The number of anilines is 1. The first-order valence-corrected chi connectivity index (χ1v) is 7.66. The minimum Gasteiger partial charge on any atom is -0.372 e. The molecular weight excluding hydrogens is 255 g/mol. The molecule has 1 saturated heterocycles. The topological polar surface area (TPSA) is 24.5 Å². The van der Waals surface area contributed by atoms with Crippen LogP contribution in [0, 0.1) is 5.82 Å². The molecule has 2 heterocycles. The molecule has 20 heavy (non-hydrogen) atoms. The number of benzene rings is 1. The van der Waals surface area contributed by atoms with E-state index in [1.54, 1.807) is 12.1 Å². The molecular formula is C16H23FN2O. The van der Waals surface area contributed by atoms with E-state index >= 15 is 0 Å². The van der Waals surface area contributed by atoms with E-state index in [9.17, 15) is 4.39 Å². The summed E-state index contributed by atoms with van der Waals surface area (Å²) in [6.07, 6.45) is 3.88. The van der Waals surface area contributed by atoms with Crippen LogP contribution >= 0.6 is 0 Å². The molecule has 0 spiro atoms. The number of halogens is 1. The molecule has 0 radical (unpaired) electrons. The van der Waals surface area contributed by atoms with Crippen LogP contribution in [0.4, 0.5) is 10.1 Å². The van der Waals surface area contributed by atoms with Crippen LogP contribution in [0.5, 0.6) is 0 Å². The van der Waals surface area contributed by atoms with Gasteiger partial charge in [-0.3, -0.25) is 0 Å². The van der Waals surface area contributed by atoms with Gasteiger partial charge in [0.05, 0.1) is 12.2 Å². The third-order valence-corrected chi connectivity index (χ3v) is 4.28. The summed E-state index contributed by atoms with van der Waals surface area (Å²) in [7, 11) is 0.